The van der Waals surface area contributed by atoms with Crippen molar-refractivity contribution in [3.8, 4) is 0 Å². The lowest BCUT2D eigenvalue weighted by molar-refractivity contribution is 0.187. The van der Waals surface area contributed by atoms with Crippen molar-refractivity contribution in [3.05, 3.63) is 18.1 Å². The lowest BCUT2D eigenvalue weighted by Crippen LogP contribution is -2.38. The summed E-state index contributed by atoms with van der Waals surface area (Å²) < 4.78 is 0. The van der Waals surface area contributed by atoms with Crippen LogP contribution in [0.1, 0.15) is 31.4 Å². The summed E-state index contributed by atoms with van der Waals surface area (Å²) in [6, 6.07) is 2.95. The first-order chi connectivity index (χ1) is 10.7. The maximum atomic E-state index is 4.48. The smallest absolute Gasteiger partial charge is 0.131 e. The maximum absolute atomic E-state index is 4.48. The number of rotatable bonds is 4. The van der Waals surface area contributed by atoms with E-state index >= 15 is 0 Å². The fourth-order valence-electron chi connectivity index (χ4n) is 3.79. The monoisotopic (exact) mass is 303 g/mol. The Morgan fingerprint density at radius 3 is 2.86 bits per heavy atom. The fourth-order valence-corrected chi connectivity index (χ4v) is 3.79. The molecule has 0 spiro atoms. The molecule has 1 aromatic heterocycles. The number of nitrogens with one attached hydrogen (secondary N) is 1. The Morgan fingerprint density at radius 1 is 1.27 bits per heavy atom. The van der Waals surface area contributed by atoms with Crippen LogP contribution in [0, 0.1) is 5.92 Å². The predicted molar refractivity (Wildman–Crippen MR) is 90.3 cm³/mol. The van der Waals surface area contributed by atoms with Gasteiger partial charge in [0.2, 0.25) is 0 Å². The van der Waals surface area contributed by atoms with Gasteiger partial charge in [0.25, 0.3) is 0 Å². The Balaban J connectivity index is 1.64. The van der Waals surface area contributed by atoms with Crippen LogP contribution >= 0.6 is 0 Å². The second-order valence-electron chi connectivity index (χ2n) is 6.97. The van der Waals surface area contributed by atoms with Crippen LogP contribution in [0.15, 0.2) is 12.4 Å². The zero-order valence-corrected chi connectivity index (χ0v) is 14.0. The van der Waals surface area contributed by atoms with Gasteiger partial charge in [-0.2, -0.15) is 0 Å². The molecular weight excluding hydrogens is 274 g/mol. The van der Waals surface area contributed by atoms with Gasteiger partial charge in [-0.05, 0) is 31.7 Å². The van der Waals surface area contributed by atoms with Gasteiger partial charge in [-0.15, -0.1) is 0 Å². The van der Waals surface area contributed by atoms with Crippen molar-refractivity contribution >= 4 is 5.82 Å². The summed E-state index contributed by atoms with van der Waals surface area (Å²) in [6.07, 6.45) is 8.36. The van der Waals surface area contributed by atoms with E-state index in [4.69, 9.17) is 0 Å². The molecule has 1 saturated heterocycles. The molecule has 122 valence electrons. The molecule has 0 bridgehead atoms. The lowest BCUT2D eigenvalue weighted by Gasteiger charge is -2.29. The maximum Gasteiger partial charge on any atom is 0.131 e. The summed E-state index contributed by atoms with van der Waals surface area (Å²) in [6.45, 7) is 4.64. The van der Waals surface area contributed by atoms with E-state index in [1.54, 1.807) is 6.33 Å². The first-order valence-electron chi connectivity index (χ1n) is 8.65. The molecule has 5 nitrogen and oxygen atoms in total. The third kappa shape index (κ3) is 3.96. The second-order valence-corrected chi connectivity index (χ2v) is 6.97. The molecule has 1 atom stereocenters. The van der Waals surface area contributed by atoms with Crippen LogP contribution in [0.4, 0.5) is 5.82 Å². The third-order valence-corrected chi connectivity index (χ3v) is 5.01. The van der Waals surface area contributed by atoms with Crippen molar-refractivity contribution in [1.82, 2.24) is 20.2 Å². The highest BCUT2D eigenvalue weighted by Gasteiger charge is 2.26. The minimum atomic E-state index is 0.646. The number of nitrogens with zero attached hydrogens (tertiary/aromatic N) is 4. The molecule has 1 saturated carbocycles. The van der Waals surface area contributed by atoms with Gasteiger partial charge in [0, 0.05) is 51.5 Å². The van der Waals surface area contributed by atoms with E-state index in [9.17, 15) is 0 Å². The molecule has 0 amide bonds. The molecular formula is C17H29N5. The van der Waals surface area contributed by atoms with Gasteiger partial charge in [-0.3, -0.25) is 4.90 Å². The highest BCUT2D eigenvalue weighted by atomic mass is 15.2. The summed E-state index contributed by atoms with van der Waals surface area (Å²) in [5, 5.41) is 3.61. The van der Waals surface area contributed by atoms with E-state index in [1.165, 1.54) is 44.5 Å². The van der Waals surface area contributed by atoms with Crippen molar-refractivity contribution < 1.29 is 0 Å². The summed E-state index contributed by atoms with van der Waals surface area (Å²) in [7, 11) is 4.06. The zero-order valence-electron chi connectivity index (χ0n) is 14.0. The molecule has 2 aliphatic rings. The van der Waals surface area contributed by atoms with E-state index < -0.39 is 0 Å². The van der Waals surface area contributed by atoms with Crippen LogP contribution in [0.2, 0.25) is 0 Å². The lowest BCUT2D eigenvalue weighted by atomic mass is 10.0. The Kier molecular flexibility index (Phi) is 5.26. The van der Waals surface area contributed by atoms with Gasteiger partial charge in [0.05, 0.1) is 0 Å². The molecule has 0 unspecified atom stereocenters. The second kappa shape index (κ2) is 7.38. The van der Waals surface area contributed by atoms with Crippen LogP contribution in [-0.2, 0) is 6.42 Å². The van der Waals surface area contributed by atoms with Gasteiger partial charge in [-0.25, -0.2) is 9.97 Å². The van der Waals surface area contributed by atoms with Gasteiger partial charge >= 0.3 is 0 Å². The number of hydrogen-bond donors (Lipinski definition) is 1. The van der Waals surface area contributed by atoms with E-state index in [-0.39, 0.29) is 0 Å². The van der Waals surface area contributed by atoms with Crippen molar-refractivity contribution in [2.24, 2.45) is 5.92 Å². The molecule has 1 aromatic rings. The van der Waals surface area contributed by atoms with E-state index in [1.807, 2.05) is 19.0 Å². The van der Waals surface area contributed by atoms with E-state index in [0.29, 0.717) is 5.92 Å². The van der Waals surface area contributed by atoms with E-state index in [2.05, 4.69) is 26.3 Å². The van der Waals surface area contributed by atoms with Gasteiger partial charge in [0.15, 0.2) is 0 Å². The Morgan fingerprint density at radius 2 is 2.09 bits per heavy atom. The quantitative estimate of drug-likeness (QED) is 0.914. The van der Waals surface area contributed by atoms with Crippen LogP contribution in [0.3, 0.4) is 0 Å². The highest BCUT2D eigenvalue weighted by molar-refractivity contribution is 5.36. The molecule has 22 heavy (non-hydrogen) atoms. The Labute approximate surface area is 134 Å². The number of hydrogen-bond acceptors (Lipinski definition) is 5. The Bertz CT molecular complexity index is 470. The largest absolute Gasteiger partial charge is 0.363 e. The third-order valence-electron chi connectivity index (χ3n) is 5.01. The summed E-state index contributed by atoms with van der Waals surface area (Å²) in [4.78, 5) is 13.6. The van der Waals surface area contributed by atoms with Crippen molar-refractivity contribution in [1.29, 1.82) is 0 Å². The summed E-state index contributed by atoms with van der Waals surface area (Å²) >= 11 is 0. The molecule has 0 radical (unpaired) electrons. The minimum Gasteiger partial charge on any atom is -0.363 e. The van der Waals surface area contributed by atoms with E-state index in [0.717, 1.165) is 31.4 Å². The number of anilines is 1. The average Bonchev–Trinajstić information content (AvgIpc) is 2.95. The van der Waals surface area contributed by atoms with Crippen molar-refractivity contribution in [2.45, 2.75) is 38.1 Å². The first kappa shape index (κ1) is 15.7. The van der Waals surface area contributed by atoms with Gasteiger partial charge < -0.3 is 10.2 Å². The van der Waals surface area contributed by atoms with Gasteiger partial charge in [-0.1, -0.05) is 12.8 Å². The minimum absolute atomic E-state index is 0.646. The molecule has 1 aliphatic carbocycles. The zero-order chi connectivity index (χ0) is 15.4. The van der Waals surface area contributed by atoms with Crippen LogP contribution in [0.5, 0.6) is 0 Å². The predicted octanol–water partition coefficient (Wildman–Crippen LogP) is 1.55. The molecule has 0 aromatic carbocycles. The molecule has 3 rings (SSSR count). The average molecular weight is 303 g/mol. The number of aromatic nitrogens is 2. The standard InChI is InChI=1S/C17H29N5/c1-21(2)17-10-15(19-13-20-17)9-14-11-18-7-8-22(12-14)16-5-3-4-6-16/h10,13-14,16,18H,3-9,11-12H2,1-2H3/t14-/m1/s1. The highest BCUT2D eigenvalue weighted by Crippen LogP contribution is 2.25. The normalized spacial score (nSPS) is 24.4. The molecule has 1 aliphatic heterocycles. The van der Waals surface area contributed by atoms with Crippen LogP contribution in [-0.4, -0.2) is 61.2 Å². The van der Waals surface area contributed by atoms with Gasteiger partial charge in [0.1, 0.15) is 12.1 Å². The molecule has 5 heteroatoms. The summed E-state index contributed by atoms with van der Waals surface area (Å²) in [5.41, 5.74) is 1.17. The SMILES string of the molecule is CN(C)c1cc(C[C@@H]2CNCCN(C3CCCC3)C2)ncn1. The first-order valence-corrected chi connectivity index (χ1v) is 8.65. The van der Waals surface area contributed by atoms with Crippen LogP contribution < -0.4 is 10.2 Å². The van der Waals surface area contributed by atoms with Crippen LogP contribution in [0.25, 0.3) is 0 Å². The molecule has 2 fully saturated rings. The Hall–Kier alpha value is -1.20. The topological polar surface area (TPSA) is 44.3 Å². The molecule has 1 N–H and O–H groups in total. The van der Waals surface area contributed by atoms with Crippen molar-refractivity contribution in [2.75, 3.05) is 45.2 Å². The fraction of sp³-hybridized carbons (Fsp3) is 0.765. The van der Waals surface area contributed by atoms with Crippen molar-refractivity contribution in [3.63, 3.8) is 0 Å². The molecule has 2 heterocycles. The summed E-state index contributed by atoms with van der Waals surface area (Å²) in [5.74, 6) is 1.65.